The Hall–Kier alpha value is -2.04. The van der Waals surface area contributed by atoms with Crippen LogP contribution in [-0.4, -0.2) is 41.5 Å². The first-order valence-corrected chi connectivity index (χ1v) is 7.51. The van der Waals surface area contributed by atoms with Gasteiger partial charge < -0.3 is 15.3 Å². The highest BCUT2D eigenvalue weighted by molar-refractivity contribution is 5.86. The summed E-state index contributed by atoms with van der Waals surface area (Å²) in [4.78, 5) is 25.6. The average Bonchev–Trinajstić information content (AvgIpc) is 2.53. The fraction of sp³-hybridized carbons (Fsp3) is 0.500. The van der Waals surface area contributed by atoms with Gasteiger partial charge in [0.25, 0.3) is 0 Å². The summed E-state index contributed by atoms with van der Waals surface area (Å²) in [6.45, 7) is 1.92. The van der Waals surface area contributed by atoms with Crippen LogP contribution >= 0.6 is 0 Å². The van der Waals surface area contributed by atoms with E-state index in [1.807, 2.05) is 29.2 Å². The van der Waals surface area contributed by atoms with Gasteiger partial charge in [-0.05, 0) is 30.9 Å². The Labute approximate surface area is 123 Å². The molecule has 1 fully saturated rings. The Morgan fingerprint density at radius 3 is 2.57 bits per heavy atom. The summed E-state index contributed by atoms with van der Waals surface area (Å²) in [7, 11) is 0. The van der Waals surface area contributed by atoms with Gasteiger partial charge in [0, 0.05) is 25.3 Å². The molecule has 5 nitrogen and oxygen atoms in total. The molecule has 0 spiro atoms. The summed E-state index contributed by atoms with van der Waals surface area (Å²) in [5.41, 5.74) is 2.11. The van der Waals surface area contributed by atoms with Crippen molar-refractivity contribution in [2.45, 2.75) is 25.2 Å². The fourth-order valence-electron chi connectivity index (χ4n) is 3.29. The van der Waals surface area contributed by atoms with E-state index in [2.05, 4.69) is 5.32 Å². The van der Waals surface area contributed by atoms with E-state index in [0.717, 1.165) is 24.2 Å². The molecule has 0 radical (unpaired) electrons. The molecule has 2 aliphatic heterocycles. The molecule has 3 rings (SSSR count). The van der Waals surface area contributed by atoms with Crippen molar-refractivity contribution >= 4 is 17.6 Å². The van der Waals surface area contributed by atoms with Crippen LogP contribution in [0.4, 0.5) is 5.69 Å². The van der Waals surface area contributed by atoms with Gasteiger partial charge in [-0.25, -0.2) is 0 Å². The number of hydrogen-bond acceptors (Lipinski definition) is 3. The number of nitrogens with one attached hydrogen (secondary N) is 1. The van der Waals surface area contributed by atoms with E-state index in [1.54, 1.807) is 0 Å². The molecule has 0 aromatic heterocycles. The van der Waals surface area contributed by atoms with E-state index in [1.165, 1.54) is 0 Å². The van der Waals surface area contributed by atoms with Crippen molar-refractivity contribution in [2.24, 2.45) is 5.92 Å². The minimum absolute atomic E-state index is 0.0937. The number of carboxylic acid groups (broad SMARTS) is 1. The molecular formula is C16H20N2O3. The van der Waals surface area contributed by atoms with E-state index >= 15 is 0 Å². The Morgan fingerprint density at radius 1 is 1.14 bits per heavy atom. The first-order chi connectivity index (χ1) is 10.2. The number of carbonyl (C=O) groups is 2. The zero-order chi connectivity index (χ0) is 14.8. The number of benzene rings is 1. The van der Waals surface area contributed by atoms with Crippen molar-refractivity contribution in [1.82, 2.24) is 4.90 Å². The molecule has 2 N–H and O–H groups in total. The van der Waals surface area contributed by atoms with Crippen LogP contribution in [0, 0.1) is 5.92 Å². The lowest BCUT2D eigenvalue weighted by Crippen LogP contribution is -2.43. The number of carbonyl (C=O) groups excluding carboxylic acids is 1. The molecule has 1 aromatic carbocycles. The van der Waals surface area contributed by atoms with Crippen molar-refractivity contribution in [3.8, 4) is 0 Å². The molecule has 1 aromatic rings. The van der Waals surface area contributed by atoms with Gasteiger partial charge in [-0.3, -0.25) is 9.59 Å². The molecule has 112 valence electrons. The summed E-state index contributed by atoms with van der Waals surface area (Å²) < 4.78 is 0. The molecule has 1 saturated heterocycles. The van der Waals surface area contributed by atoms with Crippen LogP contribution in [0.5, 0.6) is 0 Å². The Balaban J connectivity index is 1.71. The Morgan fingerprint density at radius 2 is 1.86 bits per heavy atom. The molecule has 1 amide bonds. The minimum atomic E-state index is -0.741. The molecule has 1 atom stereocenters. The normalized spacial score (nSPS) is 22.3. The highest BCUT2D eigenvalue weighted by Crippen LogP contribution is 2.33. The number of amides is 1. The lowest BCUT2D eigenvalue weighted by Gasteiger charge is -2.35. The molecule has 2 heterocycles. The number of carboxylic acids is 1. The zero-order valence-electron chi connectivity index (χ0n) is 11.9. The van der Waals surface area contributed by atoms with E-state index in [4.69, 9.17) is 5.11 Å². The van der Waals surface area contributed by atoms with Gasteiger partial charge in [-0.2, -0.15) is 0 Å². The topological polar surface area (TPSA) is 69.6 Å². The van der Waals surface area contributed by atoms with Crippen LogP contribution in [0.3, 0.4) is 0 Å². The van der Waals surface area contributed by atoms with Crippen molar-refractivity contribution < 1.29 is 14.7 Å². The summed E-state index contributed by atoms with van der Waals surface area (Å²) in [6.07, 6.45) is 1.93. The Kier molecular flexibility index (Phi) is 3.82. The molecule has 0 bridgehead atoms. The van der Waals surface area contributed by atoms with Crippen LogP contribution in [0.2, 0.25) is 0 Å². The predicted octanol–water partition coefficient (Wildman–Crippen LogP) is 1.91. The Bertz CT molecular complexity index is 550. The third-order valence-corrected chi connectivity index (χ3v) is 4.54. The number of aliphatic carboxylic acids is 1. The number of fused-ring (bicyclic) bond motifs is 1. The maximum Gasteiger partial charge on any atom is 0.306 e. The van der Waals surface area contributed by atoms with Crippen LogP contribution in [0.1, 0.15) is 30.7 Å². The molecular weight excluding hydrogens is 268 g/mol. The smallest absolute Gasteiger partial charge is 0.306 e. The van der Waals surface area contributed by atoms with E-state index in [0.29, 0.717) is 25.9 Å². The fourth-order valence-corrected chi connectivity index (χ4v) is 3.29. The van der Waals surface area contributed by atoms with Crippen LogP contribution in [-0.2, 0) is 9.59 Å². The van der Waals surface area contributed by atoms with Gasteiger partial charge in [0.1, 0.15) is 0 Å². The number of rotatable bonds is 2. The summed E-state index contributed by atoms with van der Waals surface area (Å²) >= 11 is 0. The summed E-state index contributed by atoms with van der Waals surface area (Å²) in [6, 6.07) is 7.94. The standard InChI is InChI=1S/C16H20N2O3/c19-15(18-9-6-11(7-10-18)16(20)21)13-5-8-17-14-4-2-1-3-12(13)14/h1-4,11,13,17H,5-10H2,(H,20,21). The van der Waals surface area contributed by atoms with Crippen molar-refractivity contribution in [1.29, 1.82) is 0 Å². The van der Waals surface area contributed by atoms with Gasteiger partial charge in [0.15, 0.2) is 0 Å². The largest absolute Gasteiger partial charge is 0.481 e. The third-order valence-electron chi connectivity index (χ3n) is 4.54. The van der Waals surface area contributed by atoms with Crippen molar-refractivity contribution in [3.05, 3.63) is 29.8 Å². The van der Waals surface area contributed by atoms with Gasteiger partial charge in [-0.1, -0.05) is 18.2 Å². The second kappa shape index (κ2) is 5.76. The number of hydrogen-bond donors (Lipinski definition) is 2. The van der Waals surface area contributed by atoms with Gasteiger partial charge in [-0.15, -0.1) is 0 Å². The van der Waals surface area contributed by atoms with Gasteiger partial charge in [0.2, 0.25) is 5.91 Å². The third kappa shape index (κ3) is 2.73. The molecule has 21 heavy (non-hydrogen) atoms. The number of piperidine rings is 1. The lowest BCUT2D eigenvalue weighted by molar-refractivity contribution is -0.146. The second-order valence-corrected chi connectivity index (χ2v) is 5.79. The molecule has 2 aliphatic rings. The lowest BCUT2D eigenvalue weighted by atomic mass is 9.88. The van der Waals surface area contributed by atoms with Crippen molar-refractivity contribution in [3.63, 3.8) is 0 Å². The highest BCUT2D eigenvalue weighted by atomic mass is 16.4. The van der Waals surface area contributed by atoms with Crippen molar-refractivity contribution in [2.75, 3.05) is 25.0 Å². The SMILES string of the molecule is O=C(O)C1CCN(C(=O)C2CCNc3ccccc32)CC1. The number of anilines is 1. The van der Waals surface area contributed by atoms with Gasteiger partial charge >= 0.3 is 5.97 Å². The first kappa shape index (κ1) is 13.9. The number of para-hydroxylation sites is 1. The second-order valence-electron chi connectivity index (χ2n) is 5.79. The predicted molar refractivity (Wildman–Crippen MR) is 79.2 cm³/mol. The van der Waals surface area contributed by atoms with E-state index in [-0.39, 0.29) is 17.7 Å². The van der Waals surface area contributed by atoms with Crippen LogP contribution < -0.4 is 5.32 Å². The van der Waals surface area contributed by atoms with E-state index < -0.39 is 5.97 Å². The highest BCUT2D eigenvalue weighted by Gasteiger charge is 2.33. The van der Waals surface area contributed by atoms with E-state index in [9.17, 15) is 9.59 Å². The number of likely N-dealkylation sites (tertiary alicyclic amines) is 1. The maximum absolute atomic E-state index is 12.7. The molecule has 0 saturated carbocycles. The maximum atomic E-state index is 12.7. The summed E-state index contributed by atoms with van der Waals surface area (Å²) in [5.74, 6) is -0.986. The zero-order valence-corrected chi connectivity index (χ0v) is 11.9. The van der Waals surface area contributed by atoms with Gasteiger partial charge in [0.05, 0.1) is 11.8 Å². The van der Waals surface area contributed by atoms with Crippen LogP contribution in [0.15, 0.2) is 24.3 Å². The summed E-state index contributed by atoms with van der Waals surface area (Å²) in [5, 5.41) is 12.4. The molecule has 5 heteroatoms. The quantitative estimate of drug-likeness (QED) is 0.872. The molecule has 1 unspecified atom stereocenters. The average molecular weight is 288 g/mol. The monoisotopic (exact) mass is 288 g/mol. The first-order valence-electron chi connectivity index (χ1n) is 7.51. The molecule has 0 aliphatic carbocycles. The number of nitrogens with zero attached hydrogens (tertiary/aromatic N) is 1. The van der Waals surface area contributed by atoms with Crippen LogP contribution in [0.25, 0.3) is 0 Å². The minimum Gasteiger partial charge on any atom is -0.481 e.